The summed E-state index contributed by atoms with van der Waals surface area (Å²) in [7, 11) is 0. The summed E-state index contributed by atoms with van der Waals surface area (Å²) < 4.78 is 42.1. The Kier molecular flexibility index (Phi) is 2.53. The van der Waals surface area contributed by atoms with E-state index < -0.39 is 17.5 Å². The van der Waals surface area contributed by atoms with Gasteiger partial charge in [-0.3, -0.25) is 9.51 Å². The Labute approximate surface area is 93.1 Å². The van der Waals surface area contributed by atoms with Crippen molar-refractivity contribution in [3.63, 3.8) is 0 Å². The van der Waals surface area contributed by atoms with Crippen molar-refractivity contribution in [3.05, 3.63) is 39.9 Å². The smallest absolute Gasteiger partial charge is 0.296 e. The molecule has 2 aromatic rings. The van der Waals surface area contributed by atoms with Crippen LogP contribution >= 0.6 is 0 Å². The molecule has 0 radical (unpaired) electrons. The van der Waals surface area contributed by atoms with E-state index in [1.54, 1.807) is 0 Å². The van der Waals surface area contributed by atoms with Gasteiger partial charge in [0.25, 0.3) is 0 Å². The number of rotatable bonds is 1. The zero-order valence-corrected chi connectivity index (χ0v) is 8.63. The molecule has 1 aromatic carbocycles. The molecular formula is C10H7F3N2O2. The first-order valence-electron chi connectivity index (χ1n) is 4.62. The van der Waals surface area contributed by atoms with Crippen molar-refractivity contribution in [3.8, 4) is 11.4 Å². The van der Waals surface area contributed by atoms with Crippen LogP contribution in [0.25, 0.3) is 11.4 Å². The molecule has 0 unspecified atom stereocenters. The van der Waals surface area contributed by atoms with Crippen molar-refractivity contribution in [2.24, 2.45) is 0 Å². The number of hydrogen-bond donors (Lipinski definition) is 1. The maximum Gasteiger partial charge on any atom is 0.439 e. The van der Waals surface area contributed by atoms with Gasteiger partial charge in [-0.05, 0) is 18.6 Å². The van der Waals surface area contributed by atoms with Gasteiger partial charge in [0.1, 0.15) is 0 Å². The van der Waals surface area contributed by atoms with Crippen LogP contribution in [0, 0.1) is 6.92 Å². The molecule has 1 N–H and O–H groups in total. The third kappa shape index (κ3) is 2.22. The maximum absolute atomic E-state index is 12.6. The summed E-state index contributed by atoms with van der Waals surface area (Å²) in [6, 6.07) is 3.66. The summed E-state index contributed by atoms with van der Waals surface area (Å²) >= 11 is 0. The summed E-state index contributed by atoms with van der Waals surface area (Å²) in [6.07, 6.45) is -4.44. The summed E-state index contributed by atoms with van der Waals surface area (Å²) in [5, 5.41) is 3.33. The van der Waals surface area contributed by atoms with E-state index >= 15 is 0 Å². The fourth-order valence-electron chi connectivity index (χ4n) is 1.43. The highest BCUT2D eigenvalue weighted by atomic mass is 19.4. The van der Waals surface area contributed by atoms with Gasteiger partial charge in [0.05, 0.1) is 5.56 Å². The Balaban J connectivity index is 2.55. The molecule has 1 aromatic heterocycles. The number of nitrogens with zero attached hydrogens (tertiary/aromatic N) is 1. The number of aromatic nitrogens is 2. The van der Waals surface area contributed by atoms with Crippen LogP contribution in [-0.2, 0) is 6.18 Å². The lowest BCUT2D eigenvalue weighted by atomic mass is 10.0. The second kappa shape index (κ2) is 3.76. The number of nitrogens with one attached hydrogen (secondary N) is 1. The van der Waals surface area contributed by atoms with E-state index in [4.69, 9.17) is 0 Å². The Morgan fingerprint density at radius 3 is 2.59 bits per heavy atom. The Morgan fingerprint density at radius 1 is 1.35 bits per heavy atom. The molecule has 0 aliphatic carbocycles. The molecule has 2 rings (SSSR count). The molecule has 7 heteroatoms. The molecule has 0 fully saturated rings. The first-order chi connectivity index (χ1) is 7.88. The van der Waals surface area contributed by atoms with Crippen LogP contribution in [0.15, 0.2) is 27.5 Å². The molecule has 0 saturated carbocycles. The van der Waals surface area contributed by atoms with Gasteiger partial charge < -0.3 is 0 Å². The summed E-state index contributed by atoms with van der Waals surface area (Å²) in [4.78, 5) is 12.9. The van der Waals surface area contributed by atoms with Gasteiger partial charge in [-0.2, -0.15) is 13.2 Å². The molecule has 0 bridgehead atoms. The molecule has 0 atom stereocenters. The lowest BCUT2D eigenvalue weighted by Gasteiger charge is -2.10. The lowest BCUT2D eigenvalue weighted by Crippen LogP contribution is -2.07. The number of benzene rings is 1. The Hall–Kier alpha value is -2.05. The monoisotopic (exact) mass is 244 g/mol. The topological polar surface area (TPSA) is 58.9 Å². The fourth-order valence-corrected chi connectivity index (χ4v) is 1.43. The molecular weight excluding hydrogens is 237 g/mol. The molecule has 0 spiro atoms. The predicted octanol–water partition coefficient (Wildman–Crippen LogP) is 2.36. The zero-order valence-electron chi connectivity index (χ0n) is 8.63. The fraction of sp³-hybridized carbons (Fsp3) is 0.200. The molecule has 90 valence electrons. The van der Waals surface area contributed by atoms with E-state index in [1.165, 1.54) is 19.1 Å². The molecule has 17 heavy (non-hydrogen) atoms. The van der Waals surface area contributed by atoms with E-state index in [-0.39, 0.29) is 17.0 Å². The standard InChI is InChI=1S/C10H7F3N2O2/c1-5-2-3-6(4-7(5)10(11,12)13)8-14-9(16)17-15-8/h2-4H,1H3,(H,14,15,16). The van der Waals surface area contributed by atoms with Crippen molar-refractivity contribution in [1.29, 1.82) is 0 Å². The summed E-state index contributed by atoms with van der Waals surface area (Å²) in [5.41, 5.74) is -0.514. The summed E-state index contributed by atoms with van der Waals surface area (Å²) in [6.45, 7) is 1.36. The van der Waals surface area contributed by atoms with E-state index in [0.717, 1.165) is 6.07 Å². The van der Waals surface area contributed by atoms with Crippen molar-refractivity contribution >= 4 is 0 Å². The predicted molar refractivity (Wildman–Crippen MR) is 52.3 cm³/mol. The van der Waals surface area contributed by atoms with Crippen LogP contribution in [0.1, 0.15) is 11.1 Å². The van der Waals surface area contributed by atoms with Crippen molar-refractivity contribution in [2.75, 3.05) is 0 Å². The minimum absolute atomic E-state index is 0.0273. The normalized spacial score (nSPS) is 11.8. The minimum Gasteiger partial charge on any atom is -0.296 e. The number of aromatic amines is 1. The average Bonchev–Trinajstić information content (AvgIpc) is 2.64. The largest absolute Gasteiger partial charge is 0.439 e. The van der Waals surface area contributed by atoms with Crippen LogP contribution in [0.2, 0.25) is 0 Å². The van der Waals surface area contributed by atoms with Crippen LogP contribution in [0.4, 0.5) is 13.2 Å². The van der Waals surface area contributed by atoms with Crippen LogP contribution in [0.3, 0.4) is 0 Å². The first kappa shape index (κ1) is 11.4. The van der Waals surface area contributed by atoms with Gasteiger partial charge in [-0.25, -0.2) is 4.79 Å². The quantitative estimate of drug-likeness (QED) is 0.837. The minimum atomic E-state index is -4.44. The van der Waals surface area contributed by atoms with Crippen molar-refractivity contribution < 1.29 is 17.7 Å². The van der Waals surface area contributed by atoms with Crippen LogP contribution in [0.5, 0.6) is 0 Å². The van der Waals surface area contributed by atoms with Gasteiger partial charge in [-0.1, -0.05) is 17.3 Å². The van der Waals surface area contributed by atoms with Gasteiger partial charge in [0, 0.05) is 5.56 Å². The second-order valence-electron chi connectivity index (χ2n) is 3.47. The zero-order chi connectivity index (χ0) is 12.6. The highest BCUT2D eigenvalue weighted by molar-refractivity contribution is 5.57. The molecule has 0 amide bonds. The number of H-pyrrole nitrogens is 1. The van der Waals surface area contributed by atoms with Gasteiger partial charge >= 0.3 is 11.9 Å². The molecule has 4 nitrogen and oxygen atoms in total. The molecule has 0 aliphatic heterocycles. The number of halogens is 3. The molecule has 1 heterocycles. The molecule has 0 aliphatic rings. The van der Waals surface area contributed by atoms with Gasteiger partial charge in [0.2, 0.25) is 0 Å². The Morgan fingerprint density at radius 2 is 2.06 bits per heavy atom. The van der Waals surface area contributed by atoms with E-state index in [1.807, 2.05) is 0 Å². The van der Waals surface area contributed by atoms with Crippen LogP contribution in [-0.4, -0.2) is 10.1 Å². The van der Waals surface area contributed by atoms with E-state index in [0.29, 0.717) is 0 Å². The second-order valence-corrected chi connectivity index (χ2v) is 3.47. The van der Waals surface area contributed by atoms with Crippen molar-refractivity contribution in [2.45, 2.75) is 13.1 Å². The number of hydrogen-bond acceptors (Lipinski definition) is 3. The summed E-state index contributed by atoms with van der Waals surface area (Å²) in [5.74, 6) is -0.838. The van der Waals surface area contributed by atoms with E-state index in [2.05, 4.69) is 14.7 Å². The van der Waals surface area contributed by atoms with E-state index in [9.17, 15) is 18.0 Å². The SMILES string of the molecule is Cc1ccc(-c2noc(=O)[nH]2)cc1C(F)(F)F. The maximum atomic E-state index is 12.6. The third-order valence-electron chi connectivity index (χ3n) is 2.26. The molecule has 0 saturated heterocycles. The Bertz CT molecular complexity index is 598. The lowest BCUT2D eigenvalue weighted by molar-refractivity contribution is -0.138. The third-order valence-corrected chi connectivity index (χ3v) is 2.26. The highest BCUT2D eigenvalue weighted by Crippen LogP contribution is 2.33. The van der Waals surface area contributed by atoms with Crippen LogP contribution < -0.4 is 5.76 Å². The number of alkyl halides is 3. The first-order valence-corrected chi connectivity index (χ1v) is 4.62. The highest BCUT2D eigenvalue weighted by Gasteiger charge is 2.32. The van der Waals surface area contributed by atoms with Gasteiger partial charge in [0.15, 0.2) is 5.82 Å². The number of aryl methyl sites for hydroxylation is 1. The van der Waals surface area contributed by atoms with Crippen molar-refractivity contribution in [1.82, 2.24) is 10.1 Å². The van der Waals surface area contributed by atoms with Gasteiger partial charge in [-0.15, -0.1) is 0 Å². The average molecular weight is 244 g/mol.